The van der Waals surface area contributed by atoms with Gasteiger partial charge >= 0.3 is 0 Å². The molecule has 0 aromatic rings. The summed E-state index contributed by atoms with van der Waals surface area (Å²) in [5.41, 5.74) is -1.01. The van der Waals surface area contributed by atoms with Gasteiger partial charge in [0, 0.05) is 17.3 Å². The van der Waals surface area contributed by atoms with E-state index in [-0.39, 0.29) is 16.6 Å². The molecule has 5 fully saturated rings. The Labute approximate surface area is 157 Å². The Morgan fingerprint density at radius 3 is 2.23 bits per heavy atom. The first-order valence-electron chi connectivity index (χ1n) is 10.9. The minimum absolute atomic E-state index is 0.0537. The molecule has 8 atom stereocenters. The van der Waals surface area contributed by atoms with Crippen molar-refractivity contribution in [2.24, 2.45) is 34.5 Å². The van der Waals surface area contributed by atoms with E-state index in [0.717, 1.165) is 44.9 Å². The summed E-state index contributed by atoms with van der Waals surface area (Å²) in [7, 11) is 0. The lowest BCUT2D eigenvalue weighted by molar-refractivity contribution is -0.281. The molecule has 0 aromatic heterocycles. The van der Waals surface area contributed by atoms with E-state index in [0.29, 0.717) is 36.9 Å². The Bertz CT molecular complexity index is 587. The van der Waals surface area contributed by atoms with Crippen molar-refractivity contribution in [2.75, 3.05) is 13.2 Å². The maximum Gasteiger partial charge on any atom is 0.174 e. The Morgan fingerprint density at radius 2 is 1.50 bits per heavy atom. The van der Waals surface area contributed by atoms with E-state index in [9.17, 15) is 10.2 Å². The zero-order chi connectivity index (χ0) is 18.4. The first kappa shape index (κ1) is 17.9. The van der Waals surface area contributed by atoms with Gasteiger partial charge in [0.05, 0.1) is 24.9 Å². The second kappa shape index (κ2) is 5.46. The molecule has 0 bridgehead atoms. The van der Waals surface area contributed by atoms with Crippen LogP contribution in [0.25, 0.3) is 0 Å². The zero-order valence-corrected chi connectivity index (χ0v) is 16.7. The fourth-order valence-electron chi connectivity index (χ4n) is 8.40. The first-order valence-corrected chi connectivity index (χ1v) is 10.9. The molecule has 148 valence electrons. The van der Waals surface area contributed by atoms with Crippen molar-refractivity contribution in [3.63, 3.8) is 0 Å². The van der Waals surface area contributed by atoms with Gasteiger partial charge in [0.1, 0.15) is 0 Å². The molecule has 0 radical (unpaired) electrons. The maximum absolute atomic E-state index is 11.6. The van der Waals surface area contributed by atoms with Gasteiger partial charge in [-0.1, -0.05) is 20.8 Å². The fraction of sp³-hybridized carbons (Fsp3) is 1.00. The summed E-state index contributed by atoms with van der Waals surface area (Å²) in [4.78, 5) is 0. The van der Waals surface area contributed by atoms with Gasteiger partial charge in [-0.05, 0) is 68.6 Å². The van der Waals surface area contributed by atoms with Crippen LogP contribution in [0.5, 0.6) is 0 Å². The molecule has 1 heterocycles. The average Bonchev–Trinajstić information content (AvgIpc) is 3.18. The highest BCUT2D eigenvalue weighted by atomic mass is 16.7. The molecule has 1 aliphatic heterocycles. The molecule has 2 N–H and O–H groups in total. The summed E-state index contributed by atoms with van der Waals surface area (Å²) in [5.74, 6) is 1.65. The summed E-state index contributed by atoms with van der Waals surface area (Å²) in [6.45, 7) is 8.33. The minimum atomic E-state index is -0.907. The van der Waals surface area contributed by atoms with Gasteiger partial charge in [0.25, 0.3) is 0 Å². The van der Waals surface area contributed by atoms with Gasteiger partial charge in [0.2, 0.25) is 0 Å². The van der Waals surface area contributed by atoms with E-state index >= 15 is 0 Å². The standard InChI is InChI=1S/C22H36O4/c1-14-4-7-19(2)16-5-8-20(3)17(6-9-22(20)25-10-11-26-22)15(16)12-18(23)21(19,24)13-14/h14-18,23-24H,4-13H2,1-3H3/t14-,15?,16?,17?,18-,19+,20-,21-/m0/s1. The van der Waals surface area contributed by atoms with Crippen molar-refractivity contribution < 1.29 is 19.7 Å². The molecule has 5 aliphatic rings. The third-order valence-electron chi connectivity index (χ3n) is 9.91. The normalized spacial score (nSPS) is 58.3. The lowest BCUT2D eigenvalue weighted by atomic mass is 9.42. The third kappa shape index (κ3) is 1.95. The Hall–Kier alpha value is -0.160. The van der Waals surface area contributed by atoms with Crippen LogP contribution in [0.2, 0.25) is 0 Å². The van der Waals surface area contributed by atoms with Crippen LogP contribution in [0.15, 0.2) is 0 Å². The van der Waals surface area contributed by atoms with Crippen LogP contribution in [0.3, 0.4) is 0 Å². The molecule has 1 spiro atoms. The SMILES string of the molecule is C[C@H]1CC[C@]2(C)C3CC[C@@]4(C)C(CCC45OCCO5)C3C[C@H](O)[C@@]2(O)C1. The molecule has 5 rings (SSSR count). The Balaban J connectivity index is 1.51. The molecule has 0 aromatic carbocycles. The molecule has 4 aliphatic carbocycles. The molecule has 3 unspecified atom stereocenters. The van der Waals surface area contributed by atoms with Gasteiger partial charge in [0.15, 0.2) is 5.79 Å². The van der Waals surface area contributed by atoms with Crippen molar-refractivity contribution in [3.8, 4) is 0 Å². The molecular formula is C22H36O4. The molecule has 4 saturated carbocycles. The molecule has 1 saturated heterocycles. The van der Waals surface area contributed by atoms with E-state index in [4.69, 9.17) is 9.47 Å². The molecule has 26 heavy (non-hydrogen) atoms. The number of aliphatic hydroxyl groups excluding tert-OH is 1. The first-order chi connectivity index (χ1) is 12.3. The van der Waals surface area contributed by atoms with Crippen molar-refractivity contribution in [3.05, 3.63) is 0 Å². The largest absolute Gasteiger partial charge is 0.390 e. The maximum atomic E-state index is 11.6. The van der Waals surface area contributed by atoms with Gasteiger partial charge in [-0.3, -0.25) is 0 Å². The topological polar surface area (TPSA) is 58.9 Å². The van der Waals surface area contributed by atoms with Gasteiger partial charge in [-0.25, -0.2) is 0 Å². The number of hydrogen-bond donors (Lipinski definition) is 2. The highest BCUT2D eigenvalue weighted by Crippen LogP contribution is 2.70. The number of ether oxygens (including phenoxy) is 2. The van der Waals surface area contributed by atoms with E-state index in [1.807, 2.05) is 0 Å². The number of rotatable bonds is 0. The smallest absolute Gasteiger partial charge is 0.174 e. The van der Waals surface area contributed by atoms with E-state index in [1.165, 1.54) is 6.42 Å². The van der Waals surface area contributed by atoms with Crippen LogP contribution in [-0.4, -0.2) is 40.9 Å². The highest BCUT2D eigenvalue weighted by Gasteiger charge is 2.70. The fourth-order valence-corrected chi connectivity index (χ4v) is 8.40. The predicted molar refractivity (Wildman–Crippen MR) is 98.4 cm³/mol. The second-order valence-electron chi connectivity index (χ2n) is 10.8. The Kier molecular flexibility index (Phi) is 3.76. The quantitative estimate of drug-likeness (QED) is 0.691. The summed E-state index contributed by atoms with van der Waals surface area (Å²) in [5, 5.41) is 22.8. The van der Waals surface area contributed by atoms with Crippen molar-refractivity contribution in [1.29, 1.82) is 0 Å². The minimum Gasteiger partial charge on any atom is -0.390 e. The second-order valence-corrected chi connectivity index (χ2v) is 10.8. The molecular weight excluding hydrogens is 328 g/mol. The van der Waals surface area contributed by atoms with Crippen LogP contribution in [0.4, 0.5) is 0 Å². The van der Waals surface area contributed by atoms with Crippen molar-refractivity contribution in [2.45, 2.75) is 89.6 Å². The van der Waals surface area contributed by atoms with Crippen LogP contribution in [0.1, 0.15) is 72.1 Å². The van der Waals surface area contributed by atoms with E-state index < -0.39 is 11.7 Å². The predicted octanol–water partition coefficient (Wildman–Crippen LogP) is 3.49. The third-order valence-corrected chi connectivity index (χ3v) is 9.91. The summed E-state index contributed by atoms with van der Waals surface area (Å²) in [6.07, 6.45) is 7.51. The Morgan fingerprint density at radius 1 is 0.885 bits per heavy atom. The van der Waals surface area contributed by atoms with Crippen LogP contribution in [0, 0.1) is 34.5 Å². The van der Waals surface area contributed by atoms with E-state index in [2.05, 4.69) is 20.8 Å². The summed E-state index contributed by atoms with van der Waals surface area (Å²) < 4.78 is 12.4. The molecule has 0 amide bonds. The van der Waals surface area contributed by atoms with Crippen LogP contribution < -0.4 is 0 Å². The highest BCUT2D eigenvalue weighted by molar-refractivity contribution is 5.18. The molecule has 4 nitrogen and oxygen atoms in total. The number of fused-ring (bicyclic) bond motifs is 6. The average molecular weight is 365 g/mol. The number of hydrogen-bond acceptors (Lipinski definition) is 4. The van der Waals surface area contributed by atoms with Gasteiger partial charge in [-0.15, -0.1) is 0 Å². The van der Waals surface area contributed by atoms with Crippen molar-refractivity contribution in [1.82, 2.24) is 0 Å². The van der Waals surface area contributed by atoms with Crippen LogP contribution in [-0.2, 0) is 9.47 Å². The van der Waals surface area contributed by atoms with E-state index in [1.54, 1.807) is 0 Å². The summed E-state index contributed by atoms with van der Waals surface area (Å²) >= 11 is 0. The summed E-state index contributed by atoms with van der Waals surface area (Å²) in [6, 6.07) is 0. The lowest BCUT2D eigenvalue weighted by Gasteiger charge is -2.65. The monoisotopic (exact) mass is 364 g/mol. The van der Waals surface area contributed by atoms with Crippen LogP contribution >= 0.6 is 0 Å². The zero-order valence-electron chi connectivity index (χ0n) is 16.7. The lowest BCUT2D eigenvalue weighted by Crippen LogP contribution is -2.68. The van der Waals surface area contributed by atoms with Gasteiger partial charge < -0.3 is 19.7 Å². The molecule has 4 heteroatoms. The number of aliphatic hydroxyl groups is 2. The van der Waals surface area contributed by atoms with Crippen molar-refractivity contribution >= 4 is 0 Å². The van der Waals surface area contributed by atoms with Gasteiger partial charge in [-0.2, -0.15) is 0 Å².